The third-order valence-electron chi connectivity index (χ3n) is 4.85. The lowest BCUT2D eigenvalue weighted by atomic mass is 9.86. The quantitative estimate of drug-likeness (QED) is 0.572. The Hall–Kier alpha value is -3.07. The summed E-state index contributed by atoms with van der Waals surface area (Å²) in [5.41, 5.74) is 4.30. The van der Waals surface area contributed by atoms with Crippen molar-refractivity contribution in [1.82, 2.24) is 5.32 Å². The third kappa shape index (κ3) is 5.01. The highest BCUT2D eigenvalue weighted by Crippen LogP contribution is 2.29. The maximum absolute atomic E-state index is 12.6. The minimum absolute atomic E-state index is 0.0412. The molecular formula is C25H28N2O. The van der Waals surface area contributed by atoms with Crippen LogP contribution in [-0.4, -0.2) is 12.6 Å². The summed E-state index contributed by atoms with van der Waals surface area (Å²) >= 11 is 0. The van der Waals surface area contributed by atoms with Crippen molar-refractivity contribution in [3.63, 3.8) is 0 Å². The van der Waals surface area contributed by atoms with E-state index in [1.54, 1.807) is 0 Å². The SMILES string of the molecule is CC(C)(C)c1ccccc1NC(=O)NCC(c1ccccc1)c1ccccc1. The lowest BCUT2D eigenvalue weighted by Gasteiger charge is -2.23. The minimum Gasteiger partial charge on any atom is -0.337 e. The van der Waals surface area contributed by atoms with Gasteiger partial charge in [-0.3, -0.25) is 0 Å². The smallest absolute Gasteiger partial charge is 0.319 e. The normalized spacial score (nSPS) is 11.3. The van der Waals surface area contributed by atoms with Crippen molar-refractivity contribution in [1.29, 1.82) is 0 Å². The van der Waals surface area contributed by atoms with Crippen molar-refractivity contribution in [2.75, 3.05) is 11.9 Å². The molecule has 0 spiro atoms. The van der Waals surface area contributed by atoms with E-state index in [1.165, 1.54) is 11.1 Å². The van der Waals surface area contributed by atoms with Crippen molar-refractivity contribution < 1.29 is 4.79 Å². The van der Waals surface area contributed by atoms with Crippen LogP contribution >= 0.6 is 0 Å². The van der Waals surface area contributed by atoms with Crippen LogP contribution in [0.25, 0.3) is 0 Å². The Kier molecular flexibility index (Phi) is 6.15. The second kappa shape index (κ2) is 8.75. The van der Waals surface area contributed by atoms with E-state index in [9.17, 15) is 4.79 Å². The Bertz CT molecular complexity index is 859. The Labute approximate surface area is 167 Å². The van der Waals surface area contributed by atoms with Gasteiger partial charge in [-0.05, 0) is 28.2 Å². The summed E-state index contributed by atoms with van der Waals surface area (Å²) in [7, 11) is 0. The van der Waals surface area contributed by atoms with Crippen molar-refractivity contribution in [3.8, 4) is 0 Å². The van der Waals surface area contributed by atoms with E-state index in [4.69, 9.17) is 0 Å². The maximum atomic E-state index is 12.6. The summed E-state index contributed by atoms with van der Waals surface area (Å²) < 4.78 is 0. The molecule has 144 valence electrons. The molecule has 0 aliphatic heterocycles. The third-order valence-corrected chi connectivity index (χ3v) is 4.85. The maximum Gasteiger partial charge on any atom is 0.319 e. The molecule has 2 N–H and O–H groups in total. The molecule has 3 aromatic carbocycles. The van der Waals surface area contributed by atoms with Gasteiger partial charge in [-0.15, -0.1) is 0 Å². The molecule has 0 aliphatic carbocycles. The minimum atomic E-state index is -0.187. The lowest BCUT2D eigenvalue weighted by molar-refractivity contribution is 0.251. The van der Waals surface area contributed by atoms with E-state index >= 15 is 0 Å². The van der Waals surface area contributed by atoms with E-state index in [2.05, 4.69) is 61.7 Å². The molecule has 3 rings (SSSR count). The number of amides is 2. The van der Waals surface area contributed by atoms with Gasteiger partial charge in [0, 0.05) is 18.2 Å². The molecule has 0 atom stereocenters. The molecule has 0 aliphatic rings. The van der Waals surface area contributed by atoms with Crippen molar-refractivity contribution in [2.24, 2.45) is 0 Å². The van der Waals surface area contributed by atoms with Gasteiger partial charge in [-0.2, -0.15) is 0 Å². The van der Waals surface area contributed by atoms with E-state index < -0.39 is 0 Å². The monoisotopic (exact) mass is 372 g/mol. The fraction of sp³-hybridized carbons (Fsp3) is 0.240. The number of benzene rings is 3. The van der Waals surface area contributed by atoms with Crippen LogP contribution < -0.4 is 10.6 Å². The van der Waals surface area contributed by atoms with Gasteiger partial charge in [0.25, 0.3) is 0 Å². The van der Waals surface area contributed by atoms with Gasteiger partial charge in [0.15, 0.2) is 0 Å². The molecule has 0 heterocycles. The average Bonchev–Trinajstić information content (AvgIpc) is 2.69. The zero-order valence-corrected chi connectivity index (χ0v) is 16.8. The van der Waals surface area contributed by atoms with Crippen LogP contribution in [0.3, 0.4) is 0 Å². The van der Waals surface area contributed by atoms with E-state index in [-0.39, 0.29) is 17.4 Å². The second-order valence-electron chi connectivity index (χ2n) is 8.00. The molecule has 0 saturated carbocycles. The first-order valence-corrected chi connectivity index (χ1v) is 9.69. The fourth-order valence-corrected chi connectivity index (χ4v) is 3.41. The molecule has 0 fully saturated rings. The number of hydrogen-bond acceptors (Lipinski definition) is 1. The number of urea groups is 1. The van der Waals surface area contributed by atoms with Crippen molar-refractivity contribution >= 4 is 11.7 Å². The van der Waals surface area contributed by atoms with Crippen molar-refractivity contribution in [3.05, 3.63) is 102 Å². The predicted octanol–water partition coefficient (Wildman–Crippen LogP) is 5.94. The zero-order valence-electron chi connectivity index (χ0n) is 16.8. The summed E-state index contributed by atoms with van der Waals surface area (Å²) in [6.07, 6.45) is 0. The summed E-state index contributed by atoms with van der Waals surface area (Å²) in [6.45, 7) is 6.96. The number of anilines is 1. The number of rotatable bonds is 5. The second-order valence-corrected chi connectivity index (χ2v) is 8.00. The Morgan fingerprint density at radius 2 is 1.29 bits per heavy atom. The van der Waals surface area contributed by atoms with E-state index in [1.807, 2.05) is 54.6 Å². The highest BCUT2D eigenvalue weighted by atomic mass is 16.2. The lowest BCUT2D eigenvalue weighted by Crippen LogP contribution is -2.33. The van der Waals surface area contributed by atoms with Crippen LogP contribution in [0.15, 0.2) is 84.9 Å². The Morgan fingerprint density at radius 1 is 0.786 bits per heavy atom. The first-order chi connectivity index (χ1) is 13.4. The largest absolute Gasteiger partial charge is 0.337 e. The molecule has 0 radical (unpaired) electrons. The van der Waals surface area contributed by atoms with Crippen LogP contribution in [0.5, 0.6) is 0 Å². The summed E-state index contributed by atoms with van der Waals surface area (Å²) in [4.78, 5) is 12.6. The zero-order chi connectivity index (χ0) is 20.0. The van der Waals surface area contributed by atoms with Crippen LogP contribution in [0, 0.1) is 0 Å². The van der Waals surface area contributed by atoms with Gasteiger partial charge in [-0.25, -0.2) is 4.79 Å². The van der Waals surface area contributed by atoms with E-state index in [0.29, 0.717) is 6.54 Å². The van der Waals surface area contributed by atoms with Crippen LogP contribution in [0.1, 0.15) is 43.4 Å². The fourth-order valence-electron chi connectivity index (χ4n) is 3.41. The standard InChI is InChI=1S/C25H28N2O/c1-25(2,3)22-16-10-11-17-23(22)27-24(28)26-18-21(19-12-6-4-7-13-19)20-14-8-5-9-15-20/h4-17,21H,18H2,1-3H3,(H2,26,27,28). The number of carbonyl (C=O) groups excluding carboxylic acids is 1. The number of carbonyl (C=O) groups is 1. The van der Waals surface area contributed by atoms with Crippen LogP contribution in [-0.2, 0) is 5.41 Å². The Morgan fingerprint density at radius 3 is 1.82 bits per heavy atom. The summed E-state index contributed by atoms with van der Waals surface area (Å²) in [5, 5.41) is 6.08. The van der Waals surface area contributed by atoms with Gasteiger partial charge in [0.05, 0.1) is 0 Å². The highest BCUT2D eigenvalue weighted by Gasteiger charge is 2.19. The number of hydrogen-bond donors (Lipinski definition) is 2. The molecule has 3 aromatic rings. The molecule has 3 heteroatoms. The summed E-state index contributed by atoms with van der Waals surface area (Å²) in [6, 6.07) is 28.3. The summed E-state index contributed by atoms with van der Waals surface area (Å²) in [5.74, 6) is 0.103. The van der Waals surface area contributed by atoms with Gasteiger partial charge in [0.1, 0.15) is 0 Å². The van der Waals surface area contributed by atoms with E-state index in [0.717, 1.165) is 11.3 Å². The molecule has 0 saturated heterocycles. The molecule has 0 bridgehead atoms. The van der Waals surface area contributed by atoms with Gasteiger partial charge >= 0.3 is 6.03 Å². The number of para-hydroxylation sites is 1. The molecule has 0 aromatic heterocycles. The first kappa shape index (κ1) is 19.7. The van der Waals surface area contributed by atoms with Gasteiger partial charge in [-0.1, -0.05) is 99.6 Å². The average molecular weight is 373 g/mol. The number of nitrogens with one attached hydrogen (secondary N) is 2. The topological polar surface area (TPSA) is 41.1 Å². The van der Waals surface area contributed by atoms with Crippen molar-refractivity contribution in [2.45, 2.75) is 32.1 Å². The molecular weight excluding hydrogens is 344 g/mol. The predicted molar refractivity (Wildman–Crippen MR) is 117 cm³/mol. The van der Waals surface area contributed by atoms with Gasteiger partial charge < -0.3 is 10.6 Å². The van der Waals surface area contributed by atoms with Crippen LogP contribution in [0.2, 0.25) is 0 Å². The molecule has 0 unspecified atom stereocenters. The molecule has 2 amide bonds. The van der Waals surface area contributed by atoms with Crippen LogP contribution in [0.4, 0.5) is 10.5 Å². The van der Waals surface area contributed by atoms with Gasteiger partial charge in [0.2, 0.25) is 0 Å². The first-order valence-electron chi connectivity index (χ1n) is 9.69. The highest BCUT2D eigenvalue weighted by molar-refractivity contribution is 5.90. The molecule has 28 heavy (non-hydrogen) atoms. The molecule has 3 nitrogen and oxygen atoms in total. The Balaban J connectivity index is 1.73.